The summed E-state index contributed by atoms with van der Waals surface area (Å²) in [4.78, 5) is 8.68. The number of fused-ring (bicyclic) bond motifs is 1. The summed E-state index contributed by atoms with van der Waals surface area (Å²) >= 11 is 6.16. The minimum atomic E-state index is -0.457. The topological polar surface area (TPSA) is 81.2 Å². The van der Waals surface area contributed by atoms with Crippen LogP contribution in [0.25, 0.3) is 10.9 Å². The highest BCUT2D eigenvalue weighted by molar-refractivity contribution is 6.32. The molecule has 0 amide bonds. The Morgan fingerprint density at radius 3 is 2.65 bits per heavy atom. The van der Waals surface area contributed by atoms with Gasteiger partial charge >= 0.3 is 0 Å². The van der Waals surface area contributed by atoms with Crippen LogP contribution in [0, 0.1) is 5.82 Å². The van der Waals surface area contributed by atoms with E-state index in [-0.39, 0.29) is 22.8 Å². The summed E-state index contributed by atoms with van der Waals surface area (Å²) in [5.74, 6) is 1.16. The van der Waals surface area contributed by atoms with E-state index in [4.69, 9.17) is 40.0 Å². The van der Waals surface area contributed by atoms with Gasteiger partial charge in [0.15, 0.2) is 0 Å². The fraction of sp³-hybridized carbons (Fsp3) is 0.417. The van der Waals surface area contributed by atoms with E-state index in [1.807, 2.05) is 0 Å². The molecule has 8 nitrogen and oxygen atoms in total. The Balaban J connectivity index is 1.62. The van der Waals surface area contributed by atoms with Gasteiger partial charge in [-0.2, -0.15) is 0 Å². The van der Waals surface area contributed by atoms with Crippen molar-refractivity contribution in [2.75, 3.05) is 46.8 Å². The lowest BCUT2D eigenvalue weighted by molar-refractivity contribution is 0.0260. The van der Waals surface area contributed by atoms with Crippen LogP contribution in [-0.4, -0.2) is 62.8 Å². The molecule has 34 heavy (non-hydrogen) atoms. The van der Waals surface area contributed by atoms with Crippen molar-refractivity contribution in [2.45, 2.75) is 18.9 Å². The van der Waals surface area contributed by atoms with Crippen molar-refractivity contribution < 1.29 is 32.8 Å². The predicted octanol–water partition coefficient (Wildman–Crippen LogP) is 4.81. The Hall–Kier alpha value is -2.72. The number of hydrogen-bond donors (Lipinski definition) is 0. The highest BCUT2D eigenvalue weighted by Gasteiger charge is 2.21. The van der Waals surface area contributed by atoms with Crippen molar-refractivity contribution in [3.05, 3.63) is 47.5 Å². The highest BCUT2D eigenvalue weighted by atomic mass is 35.5. The lowest BCUT2D eigenvalue weighted by Crippen LogP contribution is -2.26. The number of nitrogens with zero attached hydrogens (tertiary/aromatic N) is 2. The molecule has 4 rings (SSSR count). The molecule has 0 atom stereocenters. The minimum absolute atomic E-state index is 0.0351. The summed E-state index contributed by atoms with van der Waals surface area (Å²) in [6, 6.07) is 7.47. The molecular formula is C24H26ClFN2O6. The summed E-state index contributed by atoms with van der Waals surface area (Å²) < 4.78 is 47.5. The Morgan fingerprint density at radius 2 is 1.85 bits per heavy atom. The Bertz CT molecular complexity index is 1100. The number of aromatic nitrogens is 2. The first-order chi connectivity index (χ1) is 16.6. The van der Waals surface area contributed by atoms with E-state index >= 15 is 0 Å². The van der Waals surface area contributed by atoms with Crippen molar-refractivity contribution in [3.63, 3.8) is 0 Å². The SMILES string of the molecule is COCCOCCOc1cc(OC2CCOCC2)c2c(Oc3ccc(F)cc3Cl)ncnc2c1. The Kier molecular flexibility index (Phi) is 8.70. The maximum Gasteiger partial charge on any atom is 0.234 e. The molecule has 182 valence electrons. The lowest BCUT2D eigenvalue weighted by Gasteiger charge is -2.24. The molecule has 2 heterocycles. The van der Waals surface area contributed by atoms with Crippen LogP contribution in [0.4, 0.5) is 4.39 Å². The quantitative estimate of drug-likeness (QED) is 0.353. The fourth-order valence-corrected chi connectivity index (χ4v) is 3.66. The molecule has 2 aromatic carbocycles. The molecule has 0 saturated carbocycles. The van der Waals surface area contributed by atoms with Gasteiger partial charge in [0, 0.05) is 32.1 Å². The molecule has 1 fully saturated rings. The van der Waals surface area contributed by atoms with Crippen molar-refractivity contribution >= 4 is 22.5 Å². The van der Waals surface area contributed by atoms with Crippen LogP contribution in [0.3, 0.4) is 0 Å². The smallest absolute Gasteiger partial charge is 0.234 e. The van der Waals surface area contributed by atoms with Crippen LogP contribution in [0.1, 0.15) is 12.8 Å². The van der Waals surface area contributed by atoms with Crippen LogP contribution in [0.15, 0.2) is 36.7 Å². The number of methoxy groups -OCH3 is 1. The molecule has 1 aromatic heterocycles. The molecular weight excluding hydrogens is 467 g/mol. The zero-order valence-corrected chi connectivity index (χ0v) is 19.6. The van der Waals surface area contributed by atoms with Gasteiger partial charge in [0.05, 0.1) is 43.6 Å². The van der Waals surface area contributed by atoms with Gasteiger partial charge < -0.3 is 28.4 Å². The largest absolute Gasteiger partial charge is 0.491 e. The maximum atomic E-state index is 13.5. The van der Waals surface area contributed by atoms with Crippen LogP contribution in [0.5, 0.6) is 23.1 Å². The standard InChI is InChI=1S/C24H26ClFN2O6/c1-29-8-9-31-10-11-32-18-13-20-23(22(14-18)33-17-4-6-30-7-5-17)24(28-15-27-20)34-21-3-2-16(26)12-19(21)25/h2-3,12-15,17H,4-11H2,1H3. The first-order valence-electron chi connectivity index (χ1n) is 11.0. The number of benzene rings is 2. The third-order valence-electron chi connectivity index (χ3n) is 5.13. The zero-order valence-electron chi connectivity index (χ0n) is 18.8. The minimum Gasteiger partial charge on any atom is -0.491 e. The molecule has 0 aliphatic carbocycles. The van der Waals surface area contributed by atoms with Crippen molar-refractivity contribution in [1.29, 1.82) is 0 Å². The third-order valence-corrected chi connectivity index (χ3v) is 5.43. The van der Waals surface area contributed by atoms with E-state index in [0.717, 1.165) is 12.8 Å². The second-order valence-corrected chi connectivity index (χ2v) is 7.96. The average molecular weight is 493 g/mol. The Morgan fingerprint density at radius 1 is 1.03 bits per heavy atom. The molecule has 0 radical (unpaired) electrons. The van der Waals surface area contributed by atoms with E-state index in [0.29, 0.717) is 62.0 Å². The van der Waals surface area contributed by atoms with Gasteiger partial charge in [0.2, 0.25) is 5.88 Å². The predicted molar refractivity (Wildman–Crippen MR) is 124 cm³/mol. The summed E-state index contributed by atoms with van der Waals surface area (Å²) in [5, 5.41) is 0.699. The molecule has 1 saturated heterocycles. The molecule has 10 heteroatoms. The number of halogens is 2. The molecule has 1 aliphatic rings. The van der Waals surface area contributed by atoms with Gasteiger partial charge in [-0.1, -0.05) is 11.6 Å². The molecule has 0 unspecified atom stereocenters. The van der Waals surface area contributed by atoms with Crippen LogP contribution >= 0.6 is 11.6 Å². The molecule has 0 bridgehead atoms. The summed E-state index contributed by atoms with van der Waals surface area (Å²) in [5.41, 5.74) is 0.572. The monoisotopic (exact) mass is 492 g/mol. The van der Waals surface area contributed by atoms with E-state index in [1.165, 1.54) is 24.5 Å². The van der Waals surface area contributed by atoms with Crippen molar-refractivity contribution in [3.8, 4) is 23.1 Å². The lowest BCUT2D eigenvalue weighted by atomic mass is 10.1. The summed E-state index contributed by atoms with van der Waals surface area (Å²) in [6.45, 7) is 3.04. The van der Waals surface area contributed by atoms with Crippen LogP contribution in [-0.2, 0) is 14.2 Å². The third kappa shape index (κ3) is 6.44. The van der Waals surface area contributed by atoms with Gasteiger partial charge in [-0.3, -0.25) is 0 Å². The molecule has 0 spiro atoms. The first kappa shape index (κ1) is 24.4. The van der Waals surface area contributed by atoms with E-state index < -0.39 is 5.82 Å². The first-order valence-corrected chi connectivity index (χ1v) is 11.4. The molecule has 0 N–H and O–H groups in total. The second-order valence-electron chi connectivity index (χ2n) is 7.55. The van der Waals surface area contributed by atoms with Gasteiger partial charge in [0.25, 0.3) is 0 Å². The number of rotatable bonds is 11. The maximum absolute atomic E-state index is 13.5. The molecule has 1 aliphatic heterocycles. The van der Waals surface area contributed by atoms with Gasteiger partial charge in [-0.05, 0) is 18.2 Å². The molecule has 3 aromatic rings. The van der Waals surface area contributed by atoms with Crippen molar-refractivity contribution in [2.24, 2.45) is 0 Å². The second kappa shape index (κ2) is 12.1. The number of hydrogen-bond acceptors (Lipinski definition) is 8. The zero-order chi connectivity index (χ0) is 23.8. The van der Waals surface area contributed by atoms with Gasteiger partial charge in [-0.15, -0.1) is 0 Å². The van der Waals surface area contributed by atoms with E-state index in [9.17, 15) is 4.39 Å². The Labute approximate surface area is 201 Å². The van der Waals surface area contributed by atoms with Crippen molar-refractivity contribution in [1.82, 2.24) is 9.97 Å². The summed E-state index contributed by atoms with van der Waals surface area (Å²) in [7, 11) is 1.62. The van der Waals surface area contributed by atoms with Crippen LogP contribution < -0.4 is 14.2 Å². The van der Waals surface area contributed by atoms with E-state index in [2.05, 4.69) is 9.97 Å². The number of ether oxygens (including phenoxy) is 6. The fourth-order valence-electron chi connectivity index (χ4n) is 3.45. The summed E-state index contributed by atoms with van der Waals surface area (Å²) in [6.07, 6.45) is 2.86. The van der Waals surface area contributed by atoms with Crippen LogP contribution in [0.2, 0.25) is 5.02 Å². The van der Waals surface area contributed by atoms with Gasteiger partial charge in [-0.25, -0.2) is 14.4 Å². The average Bonchev–Trinajstić information content (AvgIpc) is 2.84. The normalized spacial score (nSPS) is 14.3. The highest BCUT2D eigenvalue weighted by Crippen LogP contribution is 2.39. The van der Waals surface area contributed by atoms with E-state index in [1.54, 1.807) is 19.2 Å². The van der Waals surface area contributed by atoms with Gasteiger partial charge in [0.1, 0.15) is 47.5 Å².